The van der Waals surface area contributed by atoms with E-state index in [0.29, 0.717) is 12.3 Å². The lowest BCUT2D eigenvalue weighted by Gasteiger charge is -2.11. The van der Waals surface area contributed by atoms with E-state index in [2.05, 4.69) is 10.3 Å². The molecule has 0 radical (unpaired) electrons. The SMILES string of the molecule is O=C(O)C1=COCc2cnnn21. The van der Waals surface area contributed by atoms with Gasteiger partial charge in [-0.05, 0) is 0 Å². The number of fused-ring (bicyclic) bond motifs is 1. The fourth-order valence-electron chi connectivity index (χ4n) is 0.954. The molecule has 1 N–H and O–H groups in total. The van der Waals surface area contributed by atoms with Gasteiger partial charge in [0.1, 0.15) is 18.6 Å². The molecule has 0 unspecified atom stereocenters. The van der Waals surface area contributed by atoms with Crippen LogP contribution in [0.4, 0.5) is 0 Å². The lowest BCUT2D eigenvalue weighted by molar-refractivity contribution is -0.131. The number of carbonyl (C=O) groups is 1. The van der Waals surface area contributed by atoms with Crippen molar-refractivity contribution in [2.75, 3.05) is 0 Å². The summed E-state index contributed by atoms with van der Waals surface area (Å²) in [7, 11) is 0. The van der Waals surface area contributed by atoms with Crippen LogP contribution in [0.3, 0.4) is 0 Å². The predicted molar refractivity (Wildman–Crippen MR) is 36.7 cm³/mol. The summed E-state index contributed by atoms with van der Waals surface area (Å²) in [5.74, 6) is -1.08. The van der Waals surface area contributed by atoms with Gasteiger partial charge in [0.05, 0.1) is 6.20 Å². The summed E-state index contributed by atoms with van der Waals surface area (Å²) in [5.41, 5.74) is 0.614. The van der Waals surface area contributed by atoms with Crippen LogP contribution in [0.5, 0.6) is 0 Å². The van der Waals surface area contributed by atoms with Crippen molar-refractivity contribution >= 4 is 11.7 Å². The van der Waals surface area contributed by atoms with E-state index in [1.54, 1.807) is 0 Å². The van der Waals surface area contributed by atoms with Gasteiger partial charge in [-0.15, -0.1) is 5.10 Å². The van der Waals surface area contributed by atoms with Crippen LogP contribution < -0.4 is 0 Å². The van der Waals surface area contributed by atoms with E-state index in [0.717, 1.165) is 6.26 Å². The molecule has 0 aliphatic carbocycles. The van der Waals surface area contributed by atoms with Gasteiger partial charge in [0.25, 0.3) is 0 Å². The van der Waals surface area contributed by atoms with Crippen LogP contribution in [-0.2, 0) is 16.1 Å². The molecule has 62 valence electrons. The first-order valence-corrected chi connectivity index (χ1v) is 3.24. The highest BCUT2D eigenvalue weighted by Gasteiger charge is 2.19. The minimum atomic E-state index is -1.08. The minimum absolute atomic E-state index is 0.0197. The molecule has 2 rings (SSSR count). The van der Waals surface area contributed by atoms with E-state index in [-0.39, 0.29) is 5.70 Å². The molecule has 0 aromatic carbocycles. The third-order valence-electron chi connectivity index (χ3n) is 1.49. The van der Waals surface area contributed by atoms with Gasteiger partial charge in [-0.1, -0.05) is 5.21 Å². The summed E-state index contributed by atoms with van der Waals surface area (Å²) < 4.78 is 6.13. The number of carboxylic acid groups (broad SMARTS) is 1. The monoisotopic (exact) mass is 167 g/mol. The quantitative estimate of drug-likeness (QED) is 0.620. The van der Waals surface area contributed by atoms with Gasteiger partial charge in [0.15, 0.2) is 5.70 Å². The van der Waals surface area contributed by atoms with Crippen LogP contribution in [0.25, 0.3) is 5.70 Å². The zero-order valence-corrected chi connectivity index (χ0v) is 5.97. The number of rotatable bonds is 1. The molecular formula is C6H5N3O3. The van der Waals surface area contributed by atoms with Crippen LogP contribution in [-0.4, -0.2) is 26.1 Å². The lowest BCUT2D eigenvalue weighted by atomic mass is 10.4. The smallest absolute Gasteiger partial charge is 0.357 e. The van der Waals surface area contributed by atoms with Crippen molar-refractivity contribution < 1.29 is 14.6 Å². The average Bonchev–Trinajstić information content (AvgIpc) is 2.49. The zero-order valence-electron chi connectivity index (χ0n) is 5.97. The molecule has 0 saturated heterocycles. The molecule has 1 aliphatic heterocycles. The molecule has 0 amide bonds. The van der Waals surface area contributed by atoms with Crippen molar-refractivity contribution in [1.29, 1.82) is 0 Å². The van der Waals surface area contributed by atoms with Gasteiger partial charge < -0.3 is 9.84 Å². The summed E-state index contributed by atoms with van der Waals surface area (Å²) in [6.07, 6.45) is 2.62. The van der Waals surface area contributed by atoms with Crippen molar-refractivity contribution in [1.82, 2.24) is 15.0 Å². The van der Waals surface area contributed by atoms with E-state index in [4.69, 9.17) is 9.84 Å². The Balaban J connectivity index is 2.50. The van der Waals surface area contributed by atoms with E-state index in [9.17, 15) is 4.79 Å². The Morgan fingerprint density at radius 3 is 3.33 bits per heavy atom. The number of carboxylic acids is 1. The Bertz CT molecular complexity index is 355. The largest absolute Gasteiger partial charge is 0.492 e. The Kier molecular flexibility index (Phi) is 1.33. The number of hydrogen-bond donors (Lipinski definition) is 1. The fraction of sp³-hybridized carbons (Fsp3) is 0.167. The number of ether oxygens (including phenoxy) is 1. The highest BCUT2D eigenvalue weighted by atomic mass is 16.5. The molecule has 6 heteroatoms. The summed E-state index contributed by atoms with van der Waals surface area (Å²) in [5, 5.41) is 15.8. The lowest BCUT2D eigenvalue weighted by Crippen LogP contribution is -2.16. The molecule has 6 nitrogen and oxygen atoms in total. The summed E-state index contributed by atoms with van der Waals surface area (Å²) >= 11 is 0. The van der Waals surface area contributed by atoms with Crippen molar-refractivity contribution in [3.63, 3.8) is 0 Å². The standard InChI is InChI=1S/C6H5N3O3/c10-6(11)5-3-12-2-4-1-7-8-9(4)5/h1,3H,2H2,(H,10,11). The summed E-state index contributed by atoms with van der Waals surface area (Å²) in [4.78, 5) is 10.6. The van der Waals surface area contributed by atoms with Gasteiger partial charge in [-0.25, -0.2) is 9.48 Å². The molecule has 1 aromatic rings. The normalized spacial score (nSPS) is 14.5. The third kappa shape index (κ3) is 0.849. The highest BCUT2D eigenvalue weighted by molar-refractivity contribution is 6.08. The second kappa shape index (κ2) is 2.33. The topological polar surface area (TPSA) is 77.2 Å². The minimum Gasteiger partial charge on any atom is -0.492 e. The molecule has 1 aromatic heterocycles. The maximum Gasteiger partial charge on any atom is 0.357 e. The Morgan fingerprint density at radius 1 is 1.75 bits per heavy atom. The molecule has 0 fully saturated rings. The molecule has 1 aliphatic rings. The predicted octanol–water partition coefficient (Wildman–Crippen LogP) is -0.309. The molecule has 12 heavy (non-hydrogen) atoms. The van der Waals surface area contributed by atoms with E-state index >= 15 is 0 Å². The number of aromatic nitrogens is 3. The third-order valence-corrected chi connectivity index (χ3v) is 1.49. The first-order chi connectivity index (χ1) is 5.79. The van der Waals surface area contributed by atoms with Crippen molar-refractivity contribution in [2.45, 2.75) is 6.61 Å². The Hall–Kier alpha value is -1.85. The number of aliphatic carboxylic acids is 1. The van der Waals surface area contributed by atoms with Crippen molar-refractivity contribution in [2.24, 2.45) is 0 Å². The maximum atomic E-state index is 10.6. The van der Waals surface area contributed by atoms with Crippen LogP contribution in [0, 0.1) is 0 Å². The summed E-state index contributed by atoms with van der Waals surface area (Å²) in [6, 6.07) is 0. The molecule has 0 saturated carbocycles. The van der Waals surface area contributed by atoms with Crippen LogP contribution >= 0.6 is 0 Å². The van der Waals surface area contributed by atoms with E-state index in [1.807, 2.05) is 0 Å². The van der Waals surface area contributed by atoms with Gasteiger partial charge >= 0.3 is 5.97 Å². The maximum absolute atomic E-state index is 10.6. The van der Waals surface area contributed by atoms with Gasteiger partial charge in [-0.2, -0.15) is 0 Å². The molecule has 2 heterocycles. The Morgan fingerprint density at radius 2 is 2.58 bits per heavy atom. The van der Waals surface area contributed by atoms with Gasteiger partial charge in [-0.3, -0.25) is 0 Å². The van der Waals surface area contributed by atoms with Crippen LogP contribution in [0.15, 0.2) is 12.5 Å². The van der Waals surface area contributed by atoms with E-state index < -0.39 is 5.97 Å². The van der Waals surface area contributed by atoms with Gasteiger partial charge in [0.2, 0.25) is 0 Å². The van der Waals surface area contributed by atoms with Crippen LogP contribution in [0.2, 0.25) is 0 Å². The molecule has 0 bridgehead atoms. The first kappa shape index (κ1) is 6.84. The Labute approximate surface area is 67.1 Å². The molecule has 0 atom stereocenters. The number of nitrogens with zero attached hydrogens (tertiary/aromatic N) is 3. The van der Waals surface area contributed by atoms with Gasteiger partial charge in [0, 0.05) is 0 Å². The molecular weight excluding hydrogens is 162 g/mol. The second-order valence-corrected chi connectivity index (χ2v) is 2.26. The molecule has 0 spiro atoms. The van der Waals surface area contributed by atoms with Crippen molar-refractivity contribution in [3.05, 3.63) is 18.2 Å². The zero-order chi connectivity index (χ0) is 8.55. The van der Waals surface area contributed by atoms with Crippen molar-refractivity contribution in [3.8, 4) is 0 Å². The van der Waals surface area contributed by atoms with Crippen LogP contribution in [0.1, 0.15) is 5.69 Å². The fourth-order valence-corrected chi connectivity index (χ4v) is 0.954. The first-order valence-electron chi connectivity index (χ1n) is 3.24. The average molecular weight is 167 g/mol. The number of hydrogen-bond acceptors (Lipinski definition) is 4. The van der Waals surface area contributed by atoms with E-state index in [1.165, 1.54) is 10.9 Å². The second-order valence-electron chi connectivity index (χ2n) is 2.26. The summed E-state index contributed by atoms with van der Waals surface area (Å²) in [6.45, 7) is 0.309. The highest BCUT2D eigenvalue weighted by Crippen LogP contribution is 2.13.